The molecular formula is C65H112O6. The molecule has 0 aliphatic carbocycles. The number of hydrogen-bond acceptors (Lipinski definition) is 6. The third kappa shape index (κ3) is 57.4. The van der Waals surface area contributed by atoms with Gasteiger partial charge in [-0.2, -0.15) is 0 Å². The summed E-state index contributed by atoms with van der Waals surface area (Å²) in [6.45, 7) is 6.49. The molecule has 0 N–H and O–H groups in total. The van der Waals surface area contributed by atoms with Crippen LogP contribution < -0.4 is 0 Å². The van der Waals surface area contributed by atoms with Crippen LogP contribution in [0.2, 0.25) is 0 Å². The number of esters is 3. The number of hydrogen-bond donors (Lipinski definition) is 0. The Labute approximate surface area is 439 Å². The Morgan fingerprint density at radius 2 is 0.563 bits per heavy atom. The van der Waals surface area contributed by atoms with Gasteiger partial charge >= 0.3 is 17.9 Å². The van der Waals surface area contributed by atoms with Crippen LogP contribution in [0.5, 0.6) is 0 Å². The van der Waals surface area contributed by atoms with E-state index in [4.69, 9.17) is 14.2 Å². The molecule has 408 valence electrons. The van der Waals surface area contributed by atoms with Gasteiger partial charge in [0.05, 0.1) is 0 Å². The number of unbranched alkanes of at least 4 members (excludes halogenated alkanes) is 29. The van der Waals surface area contributed by atoms with Gasteiger partial charge in [0.25, 0.3) is 0 Å². The van der Waals surface area contributed by atoms with Crippen LogP contribution in [0.15, 0.2) is 85.1 Å². The Morgan fingerprint density at radius 1 is 0.296 bits per heavy atom. The normalized spacial score (nSPS) is 12.7. The summed E-state index contributed by atoms with van der Waals surface area (Å²) in [5, 5.41) is 0. The van der Waals surface area contributed by atoms with E-state index < -0.39 is 6.10 Å². The van der Waals surface area contributed by atoms with Crippen LogP contribution in [0.25, 0.3) is 0 Å². The van der Waals surface area contributed by atoms with Gasteiger partial charge in [-0.25, -0.2) is 0 Å². The van der Waals surface area contributed by atoms with E-state index in [-0.39, 0.29) is 37.5 Å². The van der Waals surface area contributed by atoms with E-state index in [9.17, 15) is 14.4 Å². The highest BCUT2D eigenvalue weighted by molar-refractivity contribution is 5.71. The summed E-state index contributed by atoms with van der Waals surface area (Å²) in [5.41, 5.74) is 0. The molecule has 0 aliphatic heterocycles. The number of rotatable bonds is 54. The Kier molecular flexibility index (Phi) is 56.3. The van der Waals surface area contributed by atoms with E-state index in [1.165, 1.54) is 148 Å². The van der Waals surface area contributed by atoms with Gasteiger partial charge in [0.15, 0.2) is 6.10 Å². The summed E-state index contributed by atoms with van der Waals surface area (Å²) in [7, 11) is 0. The van der Waals surface area contributed by atoms with Crippen molar-refractivity contribution in [3.8, 4) is 0 Å². The quantitative estimate of drug-likeness (QED) is 0.0261. The SMILES string of the molecule is CC/C=C\C/C=C\C/C=C\C/C=C\CCCCCCC(=O)OC[C@H](COC(=O)CCCCCCCCCCCCCCCCCCCCC)OC(=O)CCC/C=C\C/C=C\C/C=C\CCCCCCCC. The van der Waals surface area contributed by atoms with Gasteiger partial charge in [-0.1, -0.05) is 266 Å². The van der Waals surface area contributed by atoms with Crippen LogP contribution in [0.1, 0.15) is 290 Å². The monoisotopic (exact) mass is 989 g/mol. The summed E-state index contributed by atoms with van der Waals surface area (Å²) in [6, 6.07) is 0. The largest absolute Gasteiger partial charge is 0.462 e. The molecule has 0 radical (unpaired) electrons. The minimum absolute atomic E-state index is 0.102. The van der Waals surface area contributed by atoms with Crippen LogP contribution in [0, 0.1) is 0 Å². The zero-order valence-corrected chi connectivity index (χ0v) is 46.7. The van der Waals surface area contributed by atoms with Crippen molar-refractivity contribution in [2.24, 2.45) is 0 Å². The highest BCUT2D eigenvalue weighted by Crippen LogP contribution is 2.16. The third-order valence-corrected chi connectivity index (χ3v) is 12.9. The molecule has 1 atom stereocenters. The van der Waals surface area contributed by atoms with E-state index in [0.717, 1.165) is 96.3 Å². The maximum absolute atomic E-state index is 12.9. The van der Waals surface area contributed by atoms with Crippen molar-refractivity contribution in [1.82, 2.24) is 0 Å². The summed E-state index contributed by atoms with van der Waals surface area (Å²) >= 11 is 0. The fourth-order valence-electron chi connectivity index (χ4n) is 8.39. The molecule has 0 aromatic heterocycles. The number of allylic oxidation sites excluding steroid dienone is 14. The van der Waals surface area contributed by atoms with Crippen molar-refractivity contribution in [3.63, 3.8) is 0 Å². The average molecular weight is 990 g/mol. The maximum atomic E-state index is 12.9. The predicted molar refractivity (Wildman–Crippen MR) is 307 cm³/mol. The molecule has 0 heterocycles. The zero-order chi connectivity index (χ0) is 51.4. The topological polar surface area (TPSA) is 78.9 Å². The lowest BCUT2D eigenvalue weighted by Gasteiger charge is -2.18. The van der Waals surface area contributed by atoms with Gasteiger partial charge in [-0.15, -0.1) is 0 Å². The van der Waals surface area contributed by atoms with E-state index in [2.05, 4.69) is 106 Å². The van der Waals surface area contributed by atoms with Crippen molar-refractivity contribution in [3.05, 3.63) is 85.1 Å². The summed E-state index contributed by atoms with van der Waals surface area (Å²) in [6.07, 6.45) is 77.3. The van der Waals surface area contributed by atoms with Crippen LogP contribution in [-0.2, 0) is 28.6 Å². The lowest BCUT2D eigenvalue weighted by molar-refractivity contribution is -0.167. The van der Waals surface area contributed by atoms with Crippen LogP contribution in [0.3, 0.4) is 0 Å². The van der Waals surface area contributed by atoms with E-state index >= 15 is 0 Å². The van der Waals surface area contributed by atoms with Crippen molar-refractivity contribution in [2.45, 2.75) is 297 Å². The molecule has 0 saturated carbocycles. The summed E-state index contributed by atoms with van der Waals surface area (Å²) < 4.78 is 16.8. The minimum atomic E-state index is -0.813. The maximum Gasteiger partial charge on any atom is 0.306 e. The van der Waals surface area contributed by atoms with Gasteiger partial charge in [0.2, 0.25) is 0 Å². The van der Waals surface area contributed by atoms with Crippen molar-refractivity contribution < 1.29 is 28.6 Å². The van der Waals surface area contributed by atoms with Gasteiger partial charge < -0.3 is 14.2 Å². The highest BCUT2D eigenvalue weighted by Gasteiger charge is 2.19. The molecule has 0 fully saturated rings. The second-order valence-electron chi connectivity index (χ2n) is 19.9. The van der Waals surface area contributed by atoms with Gasteiger partial charge in [0, 0.05) is 19.3 Å². The van der Waals surface area contributed by atoms with Gasteiger partial charge in [-0.3, -0.25) is 14.4 Å². The standard InChI is InChI=1S/C65H112O6/c1-4-7-10-13-16-19-22-25-28-31-32-35-37-40-43-46-49-52-55-58-64(67)70-61-62(71-65(68)59-56-53-50-47-44-41-38-34-30-27-24-21-18-15-12-9-6-3)60-69-63(66)57-54-51-48-45-42-39-36-33-29-26-23-20-17-14-11-8-5-2/h8,11,17,20,26-27,29-30,36,38-39,41,47,50,62H,4-7,9-10,12-16,18-19,21-25,28,31-35,37,40,42-46,48-49,51-61H2,1-3H3/b11-8-,20-17-,29-26-,30-27-,39-36-,41-38-,50-47-/t62-/m1/s1. The smallest absolute Gasteiger partial charge is 0.306 e. The molecule has 0 spiro atoms. The van der Waals surface area contributed by atoms with Crippen LogP contribution in [0.4, 0.5) is 0 Å². The highest BCUT2D eigenvalue weighted by atomic mass is 16.6. The van der Waals surface area contributed by atoms with E-state index in [1.807, 2.05) is 0 Å². The van der Waals surface area contributed by atoms with Gasteiger partial charge in [-0.05, 0) is 89.9 Å². The molecule has 6 nitrogen and oxygen atoms in total. The third-order valence-electron chi connectivity index (χ3n) is 12.9. The van der Waals surface area contributed by atoms with Crippen LogP contribution >= 0.6 is 0 Å². The molecule has 0 rings (SSSR count). The zero-order valence-electron chi connectivity index (χ0n) is 46.7. The molecule has 0 saturated heterocycles. The first-order valence-electron chi connectivity index (χ1n) is 30.1. The summed E-state index contributed by atoms with van der Waals surface area (Å²) in [5.74, 6) is -0.970. The second-order valence-corrected chi connectivity index (χ2v) is 19.9. The minimum Gasteiger partial charge on any atom is -0.462 e. The van der Waals surface area contributed by atoms with Gasteiger partial charge in [0.1, 0.15) is 13.2 Å². The summed E-state index contributed by atoms with van der Waals surface area (Å²) in [4.78, 5) is 38.2. The molecule has 0 bridgehead atoms. The molecular weight excluding hydrogens is 877 g/mol. The average Bonchev–Trinajstić information content (AvgIpc) is 3.37. The Hall–Kier alpha value is -3.41. The molecule has 0 aliphatic rings. The number of carbonyl (C=O) groups excluding carboxylic acids is 3. The first-order chi connectivity index (χ1) is 35.0. The van der Waals surface area contributed by atoms with Crippen LogP contribution in [-0.4, -0.2) is 37.2 Å². The van der Waals surface area contributed by atoms with Crippen molar-refractivity contribution >= 4 is 17.9 Å². The fourth-order valence-corrected chi connectivity index (χ4v) is 8.39. The Balaban J connectivity index is 4.46. The van der Waals surface area contributed by atoms with Crippen molar-refractivity contribution in [2.75, 3.05) is 13.2 Å². The number of ether oxygens (including phenoxy) is 3. The van der Waals surface area contributed by atoms with E-state index in [0.29, 0.717) is 19.3 Å². The van der Waals surface area contributed by atoms with Crippen molar-refractivity contribution in [1.29, 1.82) is 0 Å². The molecule has 0 unspecified atom stereocenters. The fraction of sp³-hybridized carbons (Fsp3) is 0.738. The number of carbonyl (C=O) groups is 3. The Morgan fingerprint density at radius 3 is 0.901 bits per heavy atom. The lowest BCUT2D eigenvalue weighted by Crippen LogP contribution is -2.30. The van der Waals surface area contributed by atoms with E-state index in [1.54, 1.807) is 0 Å². The molecule has 0 aromatic rings. The second kappa shape index (κ2) is 59.2. The molecule has 0 amide bonds. The molecule has 71 heavy (non-hydrogen) atoms. The Bertz CT molecular complexity index is 1370. The predicted octanol–water partition coefficient (Wildman–Crippen LogP) is 20.3. The molecule has 6 heteroatoms. The lowest BCUT2D eigenvalue weighted by atomic mass is 10.0. The first kappa shape index (κ1) is 67.6. The molecule has 0 aromatic carbocycles. The first-order valence-corrected chi connectivity index (χ1v) is 30.1.